The number of ether oxygens (including phenoxy) is 1. The zero-order valence-corrected chi connectivity index (χ0v) is 23.5. The van der Waals surface area contributed by atoms with Gasteiger partial charge in [0.05, 0.1) is 24.4 Å². The van der Waals surface area contributed by atoms with Crippen molar-refractivity contribution in [2.45, 2.75) is 129 Å². The topological polar surface area (TPSA) is 96.2 Å². The Bertz CT molecular complexity index is 794. The van der Waals surface area contributed by atoms with Gasteiger partial charge in [0.15, 0.2) is 8.32 Å². The van der Waals surface area contributed by atoms with Crippen molar-refractivity contribution in [2.24, 2.45) is 34.5 Å². The Labute approximate surface area is 206 Å². The molecule has 0 amide bonds. The van der Waals surface area contributed by atoms with Gasteiger partial charge in [-0.3, -0.25) is 4.79 Å². The average molecular weight is 497 g/mol. The highest BCUT2D eigenvalue weighted by molar-refractivity contribution is 6.74. The van der Waals surface area contributed by atoms with E-state index in [2.05, 4.69) is 47.7 Å². The Balaban J connectivity index is 1.64. The van der Waals surface area contributed by atoms with Crippen molar-refractivity contribution in [1.82, 2.24) is 0 Å². The van der Waals surface area contributed by atoms with Crippen LogP contribution in [0.5, 0.6) is 0 Å². The van der Waals surface area contributed by atoms with Gasteiger partial charge in [-0.15, -0.1) is 0 Å². The van der Waals surface area contributed by atoms with Crippen LogP contribution in [0.25, 0.3) is 0 Å². The molecule has 0 spiro atoms. The Morgan fingerprint density at radius 2 is 1.50 bits per heavy atom. The molecule has 0 bridgehead atoms. The molecule has 0 saturated heterocycles. The second-order valence-electron chi connectivity index (χ2n) is 14.0. The van der Waals surface area contributed by atoms with Crippen LogP contribution in [-0.4, -0.2) is 60.1 Å². The monoisotopic (exact) mass is 496 g/mol. The van der Waals surface area contributed by atoms with Gasteiger partial charge in [0, 0.05) is 12.8 Å². The van der Waals surface area contributed by atoms with Crippen LogP contribution < -0.4 is 0 Å². The summed E-state index contributed by atoms with van der Waals surface area (Å²) < 4.78 is 12.6. The van der Waals surface area contributed by atoms with Crippen molar-refractivity contribution < 1.29 is 29.3 Å². The zero-order valence-electron chi connectivity index (χ0n) is 22.5. The lowest BCUT2D eigenvalue weighted by atomic mass is 9.43. The highest BCUT2D eigenvalue weighted by atomic mass is 28.4. The molecular weight excluding hydrogens is 448 g/mol. The molecule has 6 nitrogen and oxygen atoms in total. The van der Waals surface area contributed by atoms with Gasteiger partial charge in [-0.25, -0.2) is 0 Å². The summed E-state index contributed by atoms with van der Waals surface area (Å²) in [5.41, 5.74) is -0.299. The first kappa shape index (κ1) is 26.6. The fraction of sp³-hybridized carbons (Fsp3) is 0.963. The van der Waals surface area contributed by atoms with Crippen LogP contribution in [0.15, 0.2) is 0 Å². The third-order valence-electron chi connectivity index (χ3n) is 11.2. The van der Waals surface area contributed by atoms with Gasteiger partial charge >= 0.3 is 5.97 Å². The maximum absolute atomic E-state index is 11.8. The fourth-order valence-corrected chi connectivity index (χ4v) is 9.78. The normalized spacial score (nSPS) is 49.1. The molecule has 4 fully saturated rings. The minimum absolute atomic E-state index is 0.00348. The van der Waals surface area contributed by atoms with Crippen molar-refractivity contribution in [3.8, 4) is 0 Å². The van der Waals surface area contributed by atoms with E-state index in [1.54, 1.807) is 0 Å². The van der Waals surface area contributed by atoms with E-state index in [1.165, 1.54) is 6.92 Å². The Kier molecular flexibility index (Phi) is 6.68. The van der Waals surface area contributed by atoms with Crippen LogP contribution in [0, 0.1) is 34.5 Å². The highest BCUT2D eigenvalue weighted by Gasteiger charge is 2.67. The number of aliphatic hydroxyl groups excluding tert-OH is 3. The molecule has 4 rings (SSSR count). The van der Waals surface area contributed by atoms with Gasteiger partial charge in [0.1, 0.15) is 6.10 Å². The first-order valence-corrected chi connectivity index (χ1v) is 16.3. The standard InChI is InChI=1S/C27H48O6Si/c1-15(28)32-24-18(29)12-14-27(6)17-11-13-26(5)16(20(17)22(30)23(31)21(24)27)9-10-19(26)33-34(7,8)25(2,3)4/h16-24,29-31H,9-14H2,1-8H3/t16?,17?,18?,19?,20?,21?,22?,23?,24?,26-,27+/m0/s1. The zero-order chi connectivity index (χ0) is 25.4. The molecule has 0 aromatic rings. The van der Waals surface area contributed by atoms with E-state index < -0.39 is 44.6 Å². The summed E-state index contributed by atoms with van der Waals surface area (Å²) in [6, 6.07) is 0. The SMILES string of the molecule is CC(=O)OC1C(O)CC[C@]2(C)C3CC[C@]4(C)C(O[Si](C)(C)C(C)(C)C)CCC4C3C(O)C(O)C12. The van der Waals surface area contributed by atoms with Gasteiger partial charge in [-0.1, -0.05) is 34.6 Å². The van der Waals surface area contributed by atoms with Crippen LogP contribution in [0.1, 0.15) is 80.1 Å². The first-order chi connectivity index (χ1) is 15.5. The Hall–Kier alpha value is -0.473. The summed E-state index contributed by atoms with van der Waals surface area (Å²) in [5.74, 6) is -0.388. The highest BCUT2D eigenvalue weighted by Crippen LogP contribution is 2.67. The molecule has 0 aromatic carbocycles. The lowest BCUT2D eigenvalue weighted by molar-refractivity contribution is -0.256. The van der Waals surface area contributed by atoms with Gasteiger partial charge in [0.2, 0.25) is 0 Å². The molecule has 0 aliphatic heterocycles. The van der Waals surface area contributed by atoms with Crippen molar-refractivity contribution in [3.63, 3.8) is 0 Å². The number of fused-ring (bicyclic) bond motifs is 5. The lowest BCUT2D eigenvalue weighted by Gasteiger charge is -2.64. The van der Waals surface area contributed by atoms with Crippen LogP contribution in [0.3, 0.4) is 0 Å². The second-order valence-corrected chi connectivity index (χ2v) is 18.7. The van der Waals surface area contributed by atoms with Gasteiger partial charge in [-0.2, -0.15) is 0 Å². The van der Waals surface area contributed by atoms with E-state index in [1.807, 2.05) is 0 Å². The third-order valence-corrected chi connectivity index (χ3v) is 15.7. The average Bonchev–Trinajstić information content (AvgIpc) is 3.03. The molecule has 4 aliphatic rings. The van der Waals surface area contributed by atoms with Crippen molar-refractivity contribution in [3.05, 3.63) is 0 Å². The Morgan fingerprint density at radius 1 is 0.912 bits per heavy atom. The summed E-state index contributed by atoms with van der Waals surface area (Å²) in [4.78, 5) is 11.8. The van der Waals surface area contributed by atoms with E-state index in [0.29, 0.717) is 12.3 Å². The van der Waals surface area contributed by atoms with Crippen molar-refractivity contribution in [2.75, 3.05) is 0 Å². The second kappa shape index (κ2) is 8.54. The summed E-state index contributed by atoms with van der Waals surface area (Å²) in [6.45, 7) is 17.4. The van der Waals surface area contributed by atoms with E-state index in [4.69, 9.17) is 9.16 Å². The third kappa shape index (κ3) is 3.92. The minimum Gasteiger partial charge on any atom is -0.459 e. The number of hydrogen-bond donors (Lipinski definition) is 3. The van der Waals surface area contributed by atoms with Crippen LogP contribution in [-0.2, 0) is 14.0 Å². The van der Waals surface area contributed by atoms with E-state index in [-0.39, 0.29) is 33.8 Å². The number of esters is 1. The number of carbonyl (C=O) groups is 1. The molecule has 4 aliphatic carbocycles. The summed E-state index contributed by atoms with van der Waals surface area (Å²) >= 11 is 0. The van der Waals surface area contributed by atoms with Crippen LogP contribution in [0.2, 0.25) is 18.1 Å². The summed E-state index contributed by atoms with van der Waals surface area (Å²) in [5, 5.41) is 33.9. The molecule has 0 aromatic heterocycles. The molecule has 11 atom stereocenters. The van der Waals surface area contributed by atoms with Gasteiger partial charge in [0.25, 0.3) is 0 Å². The molecular formula is C27H48O6Si. The predicted octanol–water partition coefficient (Wildman–Crippen LogP) is 4.26. The quantitative estimate of drug-likeness (QED) is 0.399. The number of aliphatic hydroxyl groups is 3. The molecule has 4 saturated carbocycles. The molecule has 34 heavy (non-hydrogen) atoms. The van der Waals surface area contributed by atoms with E-state index >= 15 is 0 Å². The van der Waals surface area contributed by atoms with E-state index in [0.717, 1.165) is 32.1 Å². The minimum atomic E-state index is -1.93. The maximum Gasteiger partial charge on any atom is 0.303 e. The first-order valence-electron chi connectivity index (χ1n) is 13.4. The molecule has 7 heteroatoms. The number of hydrogen-bond acceptors (Lipinski definition) is 6. The molecule has 3 N–H and O–H groups in total. The summed E-state index contributed by atoms with van der Waals surface area (Å²) in [7, 11) is -1.93. The van der Waals surface area contributed by atoms with Crippen molar-refractivity contribution in [1.29, 1.82) is 0 Å². The molecule has 196 valence electrons. The van der Waals surface area contributed by atoms with E-state index in [9.17, 15) is 20.1 Å². The number of rotatable bonds is 3. The smallest absolute Gasteiger partial charge is 0.303 e. The van der Waals surface area contributed by atoms with Crippen LogP contribution in [0.4, 0.5) is 0 Å². The van der Waals surface area contributed by atoms with Crippen LogP contribution >= 0.6 is 0 Å². The van der Waals surface area contributed by atoms with Gasteiger partial charge in [-0.05, 0) is 85.2 Å². The summed E-state index contributed by atoms with van der Waals surface area (Å²) in [6.07, 6.45) is 2.07. The molecule has 0 radical (unpaired) electrons. The lowest BCUT2D eigenvalue weighted by Crippen LogP contribution is -2.68. The maximum atomic E-state index is 11.8. The predicted molar refractivity (Wildman–Crippen MR) is 134 cm³/mol. The van der Waals surface area contributed by atoms with Gasteiger partial charge < -0.3 is 24.5 Å². The largest absolute Gasteiger partial charge is 0.459 e. The Morgan fingerprint density at radius 3 is 2.09 bits per heavy atom. The number of carbonyl (C=O) groups excluding carboxylic acids is 1. The van der Waals surface area contributed by atoms with Crippen molar-refractivity contribution >= 4 is 14.3 Å². The molecule has 9 unspecified atom stereocenters. The molecule has 0 heterocycles. The fourth-order valence-electron chi connectivity index (χ4n) is 8.32.